The zero-order chi connectivity index (χ0) is 23.4. The standard InChI is InChI=1S/C26H22ClNO5/c1-3-31-19-11-9-18(10-12-19)28-23(29)15-32-26-24(30)20-14-21(27)16(2)13-22(20)33-25(26)17-7-5-4-6-8-17/h4-14H,3,15H2,1-2H3,(H,28,29). The number of anilines is 1. The molecule has 33 heavy (non-hydrogen) atoms. The van der Waals surface area contributed by atoms with E-state index in [1.165, 1.54) is 0 Å². The van der Waals surface area contributed by atoms with Crippen LogP contribution < -0.4 is 20.2 Å². The second-order valence-electron chi connectivity index (χ2n) is 7.35. The van der Waals surface area contributed by atoms with Crippen molar-refractivity contribution in [1.29, 1.82) is 0 Å². The lowest BCUT2D eigenvalue weighted by Gasteiger charge is -2.13. The number of benzene rings is 3. The van der Waals surface area contributed by atoms with Crippen molar-refractivity contribution in [2.45, 2.75) is 13.8 Å². The Hall–Kier alpha value is -3.77. The SMILES string of the molecule is CCOc1ccc(NC(=O)COc2c(-c3ccccc3)oc3cc(C)c(Cl)cc3c2=O)cc1. The number of nitrogens with one attached hydrogen (secondary N) is 1. The van der Waals surface area contributed by atoms with Crippen LogP contribution in [0.2, 0.25) is 5.02 Å². The third kappa shape index (κ3) is 5.02. The molecule has 0 fully saturated rings. The van der Waals surface area contributed by atoms with Crippen molar-refractivity contribution in [1.82, 2.24) is 0 Å². The van der Waals surface area contributed by atoms with Crippen molar-refractivity contribution in [3.63, 3.8) is 0 Å². The van der Waals surface area contributed by atoms with Crippen LogP contribution in [-0.2, 0) is 4.79 Å². The molecule has 1 heterocycles. The van der Waals surface area contributed by atoms with Gasteiger partial charge in [0, 0.05) is 16.3 Å². The second kappa shape index (κ2) is 9.79. The highest BCUT2D eigenvalue weighted by Gasteiger charge is 2.19. The number of hydrogen-bond acceptors (Lipinski definition) is 5. The first kappa shape index (κ1) is 22.4. The van der Waals surface area contributed by atoms with E-state index in [0.29, 0.717) is 34.2 Å². The second-order valence-corrected chi connectivity index (χ2v) is 7.75. The van der Waals surface area contributed by atoms with Crippen molar-refractivity contribution in [3.05, 3.63) is 87.5 Å². The lowest BCUT2D eigenvalue weighted by Crippen LogP contribution is -2.22. The smallest absolute Gasteiger partial charge is 0.262 e. The third-order valence-corrected chi connectivity index (χ3v) is 5.37. The average molecular weight is 464 g/mol. The number of fused-ring (bicyclic) bond motifs is 1. The van der Waals surface area contributed by atoms with Gasteiger partial charge in [0.05, 0.1) is 12.0 Å². The van der Waals surface area contributed by atoms with E-state index in [0.717, 1.165) is 5.56 Å². The fourth-order valence-electron chi connectivity index (χ4n) is 3.35. The first-order valence-corrected chi connectivity index (χ1v) is 10.8. The number of hydrogen-bond donors (Lipinski definition) is 1. The van der Waals surface area contributed by atoms with Gasteiger partial charge in [0.1, 0.15) is 11.3 Å². The van der Waals surface area contributed by atoms with Crippen molar-refractivity contribution < 1.29 is 18.7 Å². The molecule has 4 aromatic rings. The first-order chi connectivity index (χ1) is 16.0. The Morgan fingerprint density at radius 2 is 1.76 bits per heavy atom. The predicted molar refractivity (Wildman–Crippen MR) is 129 cm³/mol. The van der Waals surface area contributed by atoms with Crippen molar-refractivity contribution >= 4 is 34.2 Å². The van der Waals surface area contributed by atoms with Crippen LogP contribution in [0.15, 0.2) is 75.9 Å². The van der Waals surface area contributed by atoms with E-state index in [-0.39, 0.29) is 23.5 Å². The van der Waals surface area contributed by atoms with E-state index in [1.807, 2.05) is 32.0 Å². The van der Waals surface area contributed by atoms with Gasteiger partial charge in [-0.1, -0.05) is 41.9 Å². The van der Waals surface area contributed by atoms with Gasteiger partial charge in [-0.05, 0) is 55.8 Å². The van der Waals surface area contributed by atoms with Gasteiger partial charge >= 0.3 is 0 Å². The first-order valence-electron chi connectivity index (χ1n) is 10.4. The van der Waals surface area contributed by atoms with E-state index in [2.05, 4.69) is 5.32 Å². The molecule has 0 bridgehead atoms. The van der Waals surface area contributed by atoms with Gasteiger partial charge in [0.15, 0.2) is 12.4 Å². The van der Waals surface area contributed by atoms with Crippen molar-refractivity contribution in [2.24, 2.45) is 0 Å². The minimum atomic E-state index is -0.417. The maximum atomic E-state index is 13.3. The van der Waals surface area contributed by atoms with Gasteiger partial charge in [-0.15, -0.1) is 0 Å². The molecule has 0 saturated carbocycles. The van der Waals surface area contributed by atoms with E-state index in [1.54, 1.807) is 48.5 Å². The molecular formula is C26H22ClNO5. The summed E-state index contributed by atoms with van der Waals surface area (Å²) in [6.07, 6.45) is 0. The molecule has 4 rings (SSSR count). The van der Waals surface area contributed by atoms with Gasteiger partial charge in [0.25, 0.3) is 5.91 Å². The maximum Gasteiger partial charge on any atom is 0.262 e. The summed E-state index contributed by atoms with van der Waals surface area (Å²) in [6.45, 7) is 3.92. The number of aryl methyl sites for hydroxylation is 1. The lowest BCUT2D eigenvalue weighted by atomic mass is 10.1. The highest BCUT2D eigenvalue weighted by atomic mass is 35.5. The Labute approximate surface area is 195 Å². The topological polar surface area (TPSA) is 77.8 Å². The van der Waals surface area contributed by atoms with E-state index >= 15 is 0 Å². The summed E-state index contributed by atoms with van der Waals surface area (Å²) >= 11 is 6.22. The van der Waals surface area contributed by atoms with Crippen LogP contribution in [0, 0.1) is 6.92 Å². The molecule has 3 aromatic carbocycles. The molecule has 0 aliphatic carbocycles. The molecule has 1 N–H and O–H groups in total. The van der Waals surface area contributed by atoms with Gasteiger partial charge in [-0.2, -0.15) is 0 Å². The molecule has 0 aliphatic heterocycles. The fraction of sp³-hybridized carbons (Fsp3) is 0.154. The highest BCUT2D eigenvalue weighted by Crippen LogP contribution is 2.32. The molecule has 0 saturated heterocycles. The van der Waals surface area contributed by atoms with Crippen LogP contribution in [0.1, 0.15) is 12.5 Å². The van der Waals surface area contributed by atoms with Gasteiger partial charge in [0.2, 0.25) is 11.2 Å². The molecule has 0 aliphatic rings. The van der Waals surface area contributed by atoms with E-state index in [9.17, 15) is 9.59 Å². The van der Waals surface area contributed by atoms with Crippen LogP contribution in [0.4, 0.5) is 5.69 Å². The fourth-order valence-corrected chi connectivity index (χ4v) is 3.51. The Kier molecular flexibility index (Phi) is 6.66. The summed E-state index contributed by atoms with van der Waals surface area (Å²) in [5, 5.41) is 3.47. The average Bonchev–Trinajstić information content (AvgIpc) is 2.82. The van der Waals surface area contributed by atoms with Gasteiger partial charge in [-0.25, -0.2) is 0 Å². The van der Waals surface area contributed by atoms with Crippen LogP contribution in [0.25, 0.3) is 22.3 Å². The zero-order valence-electron chi connectivity index (χ0n) is 18.2. The molecule has 6 nitrogen and oxygen atoms in total. The Morgan fingerprint density at radius 3 is 2.45 bits per heavy atom. The van der Waals surface area contributed by atoms with Gasteiger partial charge in [-0.3, -0.25) is 9.59 Å². The normalized spacial score (nSPS) is 10.8. The van der Waals surface area contributed by atoms with Crippen LogP contribution in [0.5, 0.6) is 11.5 Å². The molecule has 0 radical (unpaired) electrons. The van der Waals surface area contributed by atoms with Crippen molar-refractivity contribution in [2.75, 3.05) is 18.5 Å². The third-order valence-electron chi connectivity index (χ3n) is 4.96. The van der Waals surface area contributed by atoms with Crippen LogP contribution in [0.3, 0.4) is 0 Å². The summed E-state index contributed by atoms with van der Waals surface area (Å²) in [4.78, 5) is 25.8. The molecular weight excluding hydrogens is 442 g/mol. The van der Waals surface area contributed by atoms with Crippen LogP contribution in [-0.4, -0.2) is 19.1 Å². The lowest BCUT2D eigenvalue weighted by molar-refractivity contribution is -0.118. The number of halogens is 1. The van der Waals surface area contributed by atoms with E-state index in [4.69, 9.17) is 25.5 Å². The summed E-state index contributed by atoms with van der Waals surface area (Å²) in [6, 6.07) is 19.4. The summed E-state index contributed by atoms with van der Waals surface area (Å²) in [5.74, 6) is 0.501. The molecule has 0 atom stereocenters. The molecule has 1 amide bonds. The van der Waals surface area contributed by atoms with E-state index < -0.39 is 11.3 Å². The summed E-state index contributed by atoms with van der Waals surface area (Å²) in [7, 11) is 0. The quantitative estimate of drug-likeness (QED) is 0.372. The zero-order valence-corrected chi connectivity index (χ0v) is 18.9. The number of rotatable bonds is 7. The number of carbonyl (C=O) groups is 1. The minimum absolute atomic E-state index is 0.0459. The largest absolute Gasteiger partial charge is 0.494 e. The Balaban J connectivity index is 1.63. The number of carbonyl (C=O) groups excluding carboxylic acids is 1. The molecule has 7 heteroatoms. The summed E-state index contributed by atoms with van der Waals surface area (Å²) in [5.41, 5.74) is 2.03. The van der Waals surface area contributed by atoms with Crippen molar-refractivity contribution in [3.8, 4) is 22.8 Å². The monoisotopic (exact) mass is 463 g/mol. The molecule has 0 unspecified atom stereocenters. The maximum absolute atomic E-state index is 13.3. The summed E-state index contributed by atoms with van der Waals surface area (Å²) < 4.78 is 17.2. The Bertz CT molecular complexity index is 1350. The number of amides is 1. The molecule has 1 aromatic heterocycles. The predicted octanol–water partition coefficient (Wildman–Crippen LogP) is 5.84. The molecule has 168 valence electrons. The molecule has 0 spiro atoms. The van der Waals surface area contributed by atoms with Gasteiger partial charge < -0.3 is 19.2 Å². The Morgan fingerprint density at radius 1 is 1.03 bits per heavy atom. The van der Waals surface area contributed by atoms with Crippen LogP contribution >= 0.6 is 11.6 Å². The highest BCUT2D eigenvalue weighted by molar-refractivity contribution is 6.32. The number of ether oxygens (including phenoxy) is 2. The minimum Gasteiger partial charge on any atom is -0.494 e.